The third kappa shape index (κ3) is 2.85. The van der Waals surface area contributed by atoms with Crippen LogP contribution in [-0.4, -0.2) is 19.8 Å². The molecule has 70 valence electrons. The van der Waals surface area contributed by atoms with Crippen LogP contribution in [-0.2, 0) is 11.3 Å². The minimum absolute atomic E-state index is 0.134. The van der Waals surface area contributed by atoms with Crippen LogP contribution < -0.4 is 4.72 Å². The largest absolute Gasteiger partial charge is 0.478 e. The number of anilines is 1. The first-order chi connectivity index (χ1) is 6.09. The predicted octanol–water partition coefficient (Wildman–Crippen LogP) is 0.933. The van der Waals surface area contributed by atoms with Crippen LogP contribution in [0.3, 0.4) is 0 Å². The van der Waals surface area contributed by atoms with Crippen molar-refractivity contribution < 1.29 is 18.7 Å². The molecule has 0 bridgehead atoms. The molecule has 1 unspecified atom stereocenters. The molecule has 0 aliphatic rings. The molecule has 5 nitrogen and oxygen atoms in total. The van der Waals surface area contributed by atoms with Crippen LogP contribution in [0.1, 0.15) is 10.4 Å². The Labute approximate surface area is 76.8 Å². The Morgan fingerprint density at radius 2 is 1.85 bits per heavy atom. The maximum Gasteiger partial charge on any atom is 0.335 e. The smallest absolute Gasteiger partial charge is 0.335 e. The van der Waals surface area contributed by atoms with Gasteiger partial charge in [-0.3, -0.25) is 9.27 Å². The fraction of sp³-hybridized carbons (Fsp3) is 0. The molecule has 0 radical (unpaired) electrons. The van der Waals surface area contributed by atoms with Crippen LogP contribution in [0.4, 0.5) is 5.69 Å². The van der Waals surface area contributed by atoms with Crippen LogP contribution in [0.5, 0.6) is 0 Å². The molecular weight excluding hydrogens is 194 g/mol. The number of carboxylic acids is 1. The van der Waals surface area contributed by atoms with E-state index in [1.807, 2.05) is 0 Å². The van der Waals surface area contributed by atoms with Gasteiger partial charge in [-0.15, -0.1) is 0 Å². The molecule has 1 rings (SSSR count). The van der Waals surface area contributed by atoms with Gasteiger partial charge < -0.3 is 5.11 Å². The van der Waals surface area contributed by atoms with Gasteiger partial charge in [-0.1, -0.05) is 0 Å². The Balaban J connectivity index is 2.81. The van der Waals surface area contributed by atoms with Crippen molar-refractivity contribution >= 4 is 22.9 Å². The molecule has 0 amide bonds. The van der Waals surface area contributed by atoms with E-state index in [4.69, 9.17) is 9.66 Å². The van der Waals surface area contributed by atoms with Crippen LogP contribution >= 0.6 is 0 Å². The zero-order valence-corrected chi connectivity index (χ0v) is 7.25. The number of carbonyl (C=O) groups is 1. The van der Waals surface area contributed by atoms with Gasteiger partial charge in [-0.05, 0) is 24.3 Å². The topological polar surface area (TPSA) is 86.6 Å². The fourth-order valence-electron chi connectivity index (χ4n) is 0.782. The third-order valence-electron chi connectivity index (χ3n) is 1.34. The van der Waals surface area contributed by atoms with E-state index in [0.29, 0.717) is 5.69 Å². The molecule has 0 aliphatic carbocycles. The Morgan fingerprint density at radius 3 is 2.23 bits per heavy atom. The number of benzene rings is 1. The molecule has 1 aromatic carbocycles. The van der Waals surface area contributed by atoms with Gasteiger partial charge in [0.15, 0.2) is 0 Å². The Bertz CT molecular complexity index is 335. The second kappa shape index (κ2) is 4.01. The van der Waals surface area contributed by atoms with Crippen molar-refractivity contribution in [2.24, 2.45) is 0 Å². The van der Waals surface area contributed by atoms with Crippen molar-refractivity contribution in [1.82, 2.24) is 0 Å². The molecule has 0 heterocycles. The van der Waals surface area contributed by atoms with Crippen LogP contribution in [0, 0.1) is 0 Å². The summed E-state index contributed by atoms with van der Waals surface area (Å²) >= 11 is -2.13. The number of hydrogen-bond acceptors (Lipinski definition) is 2. The van der Waals surface area contributed by atoms with Crippen molar-refractivity contribution in [3.8, 4) is 0 Å². The van der Waals surface area contributed by atoms with Crippen molar-refractivity contribution in [3.05, 3.63) is 29.8 Å². The first kappa shape index (κ1) is 9.69. The standard InChI is InChI=1S/C7H7NO4S/c9-7(10)5-1-3-6(4-2-5)8-13(11)12/h1-4,8H,(H,9,10)(H,11,12). The Morgan fingerprint density at radius 1 is 1.31 bits per heavy atom. The second-order valence-corrected chi connectivity index (χ2v) is 2.94. The lowest BCUT2D eigenvalue weighted by atomic mass is 10.2. The number of hydrogen-bond donors (Lipinski definition) is 3. The monoisotopic (exact) mass is 201 g/mol. The van der Waals surface area contributed by atoms with Crippen molar-refractivity contribution in [2.45, 2.75) is 0 Å². The van der Waals surface area contributed by atoms with E-state index >= 15 is 0 Å². The maximum absolute atomic E-state index is 10.4. The van der Waals surface area contributed by atoms with Gasteiger partial charge in [0.25, 0.3) is 11.3 Å². The summed E-state index contributed by atoms with van der Waals surface area (Å²) in [5.41, 5.74) is 0.528. The average molecular weight is 201 g/mol. The summed E-state index contributed by atoms with van der Waals surface area (Å²) in [7, 11) is 0. The molecule has 0 saturated heterocycles. The number of carboxylic acid groups (broad SMARTS) is 1. The number of rotatable bonds is 3. The summed E-state index contributed by atoms with van der Waals surface area (Å²) in [5, 5.41) is 8.53. The molecule has 1 aromatic rings. The predicted molar refractivity (Wildman–Crippen MR) is 47.8 cm³/mol. The van der Waals surface area contributed by atoms with E-state index in [0.717, 1.165) is 0 Å². The summed E-state index contributed by atoms with van der Waals surface area (Å²) in [6.07, 6.45) is 0. The molecule has 0 saturated carbocycles. The lowest BCUT2D eigenvalue weighted by Gasteiger charge is -2.00. The minimum atomic E-state index is -2.13. The fourth-order valence-corrected chi connectivity index (χ4v) is 1.12. The maximum atomic E-state index is 10.4. The zero-order chi connectivity index (χ0) is 9.84. The lowest BCUT2D eigenvalue weighted by molar-refractivity contribution is 0.0697. The van der Waals surface area contributed by atoms with Gasteiger partial charge in [0.2, 0.25) is 0 Å². The lowest BCUT2D eigenvalue weighted by Crippen LogP contribution is -2.02. The van der Waals surface area contributed by atoms with Gasteiger partial charge in [-0.2, -0.15) is 0 Å². The Kier molecular flexibility index (Phi) is 2.99. The molecule has 3 N–H and O–H groups in total. The normalized spacial score (nSPS) is 12.1. The van der Waals surface area contributed by atoms with E-state index in [1.165, 1.54) is 24.3 Å². The molecule has 0 fully saturated rings. The van der Waals surface area contributed by atoms with E-state index < -0.39 is 17.2 Å². The molecule has 0 aliphatic heterocycles. The van der Waals surface area contributed by atoms with E-state index in [-0.39, 0.29) is 5.56 Å². The molecule has 6 heteroatoms. The summed E-state index contributed by atoms with van der Waals surface area (Å²) in [5.74, 6) is -1.03. The minimum Gasteiger partial charge on any atom is -0.478 e. The average Bonchev–Trinajstić information content (AvgIpc) is 2.04. The van der Waals surface area contributed by atoms with Gasteiger partial charge >= 0.3 is 5.97 Å². The molecule has 13 heavy (non-hydrogen) atoms. The second-order valence-electron chi connectivity index (χ2n) is 2.23. The van der Waals surface area contributed by atoms with Crippen LogP contribution in [0.2, 0.25) is 0 Å². The number of nitrogens with one attached hydrogen (secondary N) is 1. The summed E-state index contributed by atoms with van der Waals surface area (Å²) in [6.45, 7) is 0. The number of aromatic carboxylic acids is 1. The first-order valence-electron chi connectivity index (χ1n) is 3.30. The quantitative estimate of drug-likeness (QED) is 0.635. The molecular formula is C7H7NO4S. The van der Waals surface area contributed by atoms with Crippen molar-refractivity contribution in [1.29, 1.82) is 0 Å². The highest BCUT2D eigenvalue weighted by molar-refractivity contribution is 7.80. The van der Waals surface area contributed by atoms with Crippen molar-refractivity contribution in [3.63, 3.8) is 0 Å². The van der Waals surface area contributed by atoms with Crippen LogP contribution in [0.15, 0.2) is 24.3 Å². The highest BCUT2D eigenvalue weighted by Gasteiger charge is 2.01. The summed E-state index contributed by atoms with van der Waals surface area (Å²) in [6, 6.07) is 5.52. The van der Waals surface area contributed by atoms with Crippen molar-refractivity contribution in [2.75, 3.05) is 4.72 Å². The first-order valence-corrected chi connectivity index (χ1v) is 4.41. The third-order valence-corrected chi connectivity index (χ3v) is 1.75. The SMILES string of the molecule is O=C(O)c1ccc(NS(=O)O)cc1. The van der Waals surface area contributed by atoms with E-state index in [1.54, 1.807) is 0 Å². The van der Waals surface area contributed by atoms with Gasteiger partial charge in [-0.25, -0.2) is 9.00 Å². The van der Waals surface area contributed by atoms with E-state index in [2.05, 4.69) is 4.72 Å². The van der Waals surface area contributed by atoms with Gasteiger partial charge in [0.05, 0.1) is 5.56 Å². The Hall–Kier alpha value is -1.40. The molecule has 0 spiro atoms. The summed E-state index contributed by atoms with van der Waals surface area (Å²) in [4.78, 5) is 10.4. The highest BCUT2D eigenvalue weighted by atomic mass is 32.2. The molecule has 0 aromatic heterocycles. The summed E-state index contributed by atoms with van der Waals surface area (Å²) < 4.78 is 20.9. The highest BCUT2D eigenvalue weighted by Crippen LogP contribution is 2.09. The zero-order valence-electron chi connectivity index (χ0n) is 6.43. The van der Waals surface area contributed by atoms with Crippen LogP contribution in [0.25, 0.3) is 0 Å². The van der Waals surface area contributed by atoms with E-state index in [9.17, 15) is 9.00 Å². The van der Waals surface area contributed by atoms with Gasteiger partial charge in [0.1, 0.15) is 0 Å². The molecule has 1 atom stereocenters. The van der Waals surface area contributed by atoms with Gasteiger partial charge in [0, 0.05) is 5.69 Å².